The lowest BCUT2D eigenvalue weighted by molar-refractivity contribution is -0.137. The molecule has 110 valence electrons. The highest BCUT2D eigenvalue weighted by atomic mass is 35.5. The van der Waals surface area contributed by atoms with E-state index in [-0.39, 0.29) is 28.4 Å². The van der Waals surface area contributed by atoms with Crippen LogP contribution in [0.1, 0.15) is 30.1 Å². The molecule has 7 heteroatoms. The van der Waals surface area contributed by atoms with Crippen LogP contribution in [0.3, 0.4) is 0 Å². The Hall–Kier alpha value is -1.46. The lowest BCUT2D eigenvalue weighted by Gasteiger charge is -2.14. The lowest BCUT2D eigenvalue weighted by atomic mass is 10.1. The number of benzene rings is 1. The molecule has 1 amide bonds. The van der Waals surface area contributed by atoms with Crippen molar-refractivity contribution in [3.63, 3.8) is 0 Å². The number of ether oxygens (including phenoxy) is 1. The average Bonchev–Trinajstić information content (AvgIpc) is 2.35. The van der Waals surface area contributed by atoms with E-state index in [4.69, 9.17) is 33.0 Å². The van der Waals surface area contributed by atoms with Crippen molar-refractivity contribution in [3.8, 4) is 5.75 Å². The summed E-state index contributed by atoms with van der Waals surface area (Å²) in [6.45, 7) is 1.73. The standard InChI is InChI=1S/C13H15Cl2NO4/c1-7(3-4-11(17)18)16-13(19)8-5-9(14)12(20-2)10(15)6-8/h5-7H,3-4H2,1-2H3,(H,16,19)(H,17,18). The molecule has 2 N–H and O–H groups in total. The van der Waals surface area contributed by atoms with E-state index in [2.05, 4.69) is 5.32 Å². The number of hydrogen-bond donors (Lipinski definition) is 2. The molecule has 0 saturated heterocycles. The maximum atomic E-state index is 12.0. The molecule has 20 heavy (non-hydrogen) atoms. The first kappa shape index (κ1) is 16.6. The number of nitrogens with one attached hydrogen (secondary N) is 1. The van der Waals surface area contributed by atoms with E-state index in [1.807, 2.05) is 0 Å². The number of hydrogen-bond acceptors (Lipinski definition) is 3. The average molecular weight is 320 g/mol. The van der Waals surface area contributed by atoms with E-state index in [0.717, 1.165) is 0 Å². The van der Waals surface area contributed by atoms with Crippen molar-refractivity contribution >= 4 is 35.1 Å². The van der Waals surface area contributed by atoms with Crippen molar-refractivity contribution in [2.75, 3.05) is 7.11 Å². The van der Waals surface area contributed by atoms with Crippen molar-refractivity contribution in [2.45, 2.75) is 25.8 Å². The SMILES string of the molecule is COc1c(Cl)cc(C(=O)NC(C)CCC(=O)O)cc1Cl. The summed E-state index contributed by atoms with van der Waals surface area (Å²) in [6, 6.07) is 2.63. The highest BCUT2D eigenvalue weighted by Gasteiger charge is 2.15. The van der Waals surface area contributed by atoms with Gasteiger partial charge in [-0.2, -0.15) is 0 Å². The van der Waals surface area contributed by atoms with Crippen LogP contribution in [-0.4, -0.2) is 30.1 Å². The Labute approximate surface area is 126 Å². The van der Waals surface area contributed by atoms with Gasteiger partial charge >= 0.3 is 5.97 Å². The fraction of sp³-hybridized carbons (Fsp3) is 0.385. The summed E-state index contributed by atoms with van der Waals surface area (Å²) in [5, 5.41) is 11.7. The summed E-state index contributed by atoms with van der Waals surface area (Å²) >= 11 is 11.9. The molecule has 5 nitrogen and oxygen atoms in total. The highest BCUT2D eigenvalue weighted by molar-refractivity contribution is 6.37. The molecule has 1 atom stereocenters. The van der Waals surface area contributed by atoms with Crippen LogP contribution in [-0.2, 0) is 4.79 Å². The number of carboxylic acid groups (broad SMARTS) is 1. The number of aliphatic carboxylic acids is 1. The molecule has 1 rings (SSSR count). The van der Waals surface area contributed by atoms with Gasteiger partial charge in [-0.1, -0.05) is 23.2 Å². The van der Waals surface area contributed by atoms with Crippen LogP contribution in [0.4, 0.5) is 0 Å². The minimum absolute atomic E-state index is 0.00836. The summed E-state index contributed by atoms with van der Waals surface area (Å²) in [5.74, 6) is -0.959. The molecule has 0 fully saturated rings. The van der Waals surface area contributed by atoms with E-state index in [9.17, 15) is 9.59 Å². The Bertz CT molecular complexity index is 496. The second-order valence-electron chi connectivity index (χ2n) is 4.28. The Kier molecular flexibility index (Phi) is 6.10. The Morgan fingerprint density at radius 3 is 2.35 bits per heavy atom. The van der Waals surface area contributed by atoms with Crippen LogP contribution in [0.2, 0.25) is 10.0 Å². The van der Waals surface area contributed by atoms with Crippen molar-refractivity contribution in [1.82, 2.24) is 5.32 Å². The molecule has 1 aromatic carbocycles. The van der Waals surface area contributed by atoms with Gasteiger partial charge in [0.25, 0.3) is 5.91 Å². The predicted molar refractivity (Wildman–Crippen MR) is 76.8 cm³/mol. The number of carbonyl (C=O) groups excluding carboxylic acids is 1. The molecule has 1 unspecified atom stereocenters. The molecule has 0 aliphatic carbocycles. The molecule has 0 heterocycles. The maximum Gasteiger partial charge on any atom is 0.303 e. The number of carbonyl (C=O) groups is 2. The normalized spacial score (nSPS) is 11.8. The van der Waals surface area contributed by atoms with Gasteiger partial charge in [-0.25, -0.2) is 0 Å². The van der Waals surface area contributed by atoms with Gasteiger partial charge in [0.1, 0.15) is 0 Å². The number of methoxy groups -OCH3 is 1. The van der Waals surface area contributed by atoms with Crippen LogP contribution in [0, 0.1) is 0 Å². The molecule has 0 spiro atoms. The number of rotatable bonds is 6. The molecule has 0 aliphatic heterocycles. The summed E-state index contributed by atoms with van der Waals surface area (Å²) in [4.78, 5) is 22.4. The summed E-state index contributed by atoms with van der Waals surface area (Å²) < 4.78 is 5.00. The highest BCUT2D eigenvalue weighted by Crippen LogP contribution is 2.33. The van der Waals surface area contributed by atoms with Crippen LogP contribution in [0.25, 0.3) is 0 Å². The largest absolute Gasteiger partial charge is 0.494 e. The van der Waals surface area contributed by atoms with Gasteiger partial charge in [-0.15, -0.1) is 0 Å². The zero-order chi connectivity index (χ0) is 15.3. The summed E-state index contributed by atoms with van der Waals surface area (Å²) in [7, 11) is 1.43. The molecule has 0 aromatic heterocycles. The van der Waals surface area contributed by atoms with Crippen LogP contribution in [0.15, 0.2) is 12.1 Å². The lowest BCUT2D eigenvalue weighted by Crippen LogP contribution is -2.32. The van der Waals surface area contributed by atoms with E-state index in [1.165, 1.54) is 19.2 Å². The number of amides is 1. The van der Waals surface area contributed by atoms with Gasteiger partial charge in [0, 0.05) is 18.0 Å². The zero-order valence-electron chi connectivity index (χ0n) is 11.1. The van der Waals surface area contributed by atoms with Gasteiger partial charge in [0.05, 0.1) is 17.2 Å². The Balaban J connectivity index is 2.75. The fourth-order valence-corrected chi connectivity index (χ4v) is 2.25. The summed E-state index contributed by atoms with van der Waals surface area (Å²) in [6.07, 6.45) is 0.338. The van der Waals surface area contributed by atoms with E-state index >= 15 is 0 Å². The zero-order valence-corrected chi connectivity index (χ0v) is 12.6. The van der Waals surface area contributed by atoms with Crippen molar-refractivity contribution in [1.29, 1.82) is 0 Å². The van der Waals surface area contributed by atoms with Gasteiger partial charge in [0.2, 0.25) is 0 Å². The van der Waals surface area contributed by atoms with Gasteiger partial charge in [-0.3, -0.25) is 9.59 Å². The third-order valence-corrected chi connectivity index (χ3v) is 3.19. The maximum absolute atomic E-state index is 12.0. The molecular formula is C13H15Cl2NO4. The van der Waals surface area contributed by atoms with Gasteiger partial charge in [-0.05, 0) is 25.5 Å². The second kappa shape index (κ2) is 7.36. The molecular weight excluding hydrogens is 305 g/mol. The van der Waals surface area contributed by atoms with Crippen LogP contribution >= 0.6 is 23.2 Å². The molecule has 0 saturated carbocycles. The van der Waals surface area contributed by atoms with Crippen molar-refractivity contribution in [3.05, 3.63) is 27.7 Å². The van der Waals surface area contributed by atoms with Crippen LogP contribution in [0.5, 0.6) is 5.75 Å². The quantitative estimate of drug-likeness (QED) is 0.845. The second-order valence-corrected chi connectivity index (χ2v) is 5.09. The molecule has 1 aromatic rings. The van der Waals surface area contributed by atoms with E-state index in [1.54, 1.807) is 6.92 Å². The van der Waals surface area contributed by atoms with Crippen molar-refractivity contribution in [2.24, 2.45) is 0 Å². The van der Waals surface area contributed by atoms with Gasteiger partial charge in [0.15, 0.2) is 5.75 Å². The summed E-state index contributed by atoms with van der Waals surface area (Å²) in [5.41, 5.74) is 0.294. The molecule has 0 radical (unpaired) electrons. The van der Waals surface area contributed by atoms with Crippen molar-refractivity contribution < 1.29 is 19.4 Å². The fourth-order valence-electron chi connectivity index (χ4n) is 1.61. The predicted octanol–water partition coefficient (Wildman–Crippen LogP) is 2.99. The minimum atomic E-state index is -0.901. The van der Waals surface area contributed by atoms with E-state index in [0.29, 0.717) is 17.7 Å². The smallest absolute Gasteiger partial charge is 0.303 e. The third kappa shape index (κ3) is 4.58. The van der Waals surface area contributed by atoms with E-state index < -0.39 is 5.97 Å². The topological polar surface area (TPSA) is 75.6 Å². The number of halogens is 2. The third-order valence-electron chi connectivity index (χ3n) is 2.63. The Morgan fingerprint density at radius 2 is 1.90 bits per heavy atom. The number of carboxylic acids is 1. The molecule has 0 bridgehead atoms. The first-order valence-corrected chi connectivity index (χ1v) is 6.66. The Morgan fingerprint density at radius 1 is 1.35 bits per heavy atom. The monoisotopic (exact) mass is 319 g/mol. The van der Waals surface area contributed by atoms with Gasteiger partial charge < -0.3 is 15.2 Å². The first-order valence-electron chi connectivity index (χ1n) is 5.90. The van der Waals surface area contributed by atoms with Crippen LogP contribution < -0.4 is 10.1 Å². The molecule has 0 aliphatic rings. The minimum Gasteiger partial charge on any atom is -0.494 e. The first-order chi connectivity index (χ1) is 9.35.